The van der Waals surface area contributed by atoms with E-state index in [9.17, 15) is 15.0 Å². The Morgan fingerprint density at radius 1 is 1.10 bits per heavy atom. The lowest BCUT2D eigenvalue weighted by Gasteiger charge is -2.26. The van der Waals surface area contributed by atoms with Gasteiger partial charge in [-0.25, -0.2) is 4.98 Å². The van der Waals surface area contributed by atoms with Gasteiger partial charge in [-0.15, -0.1) is 22.7 Å². The van der Waals surface area contributed by atoms with Gasteiger partial charge in [0.25, 0.3) is 5.91 Å². The Bertz CT molecular complexity index is 1090. The van der Waals surface area contributed by atoms with Crippen molar-refractivity contribution in [3.05, 3.63) is 75.9 Å². The van der Waals surface area contributed by atoms with Crippen LogP contribution < -0.4 is 9.64 Å². The summed E-state index contributed by atoms with van der Waals surface area (Å²) in [4.78, 5) is 20.0. The molecule has 0 aliphatic carbocycles. The molecule has 2 atom stereocenters. The van der Waals surface area contributed by atoms with Gasteiger partial charge in [-0.2, -0.15) is 0 Å². The number of carbonyl (C=O) groups excluding carboxylic acids is 1. The number of hydrogen-bond acceptors (Lipinski definition) is 7. The number of benzene rings is 2. The smallest absolute Gasteiger partial charge is 0.259 e. The van der Waals surface area contributed by atoms with Crippen LogP contribution in [0.5, 0.6) is 5.75 Å². The van der Waals surface area contributed by atoms with Crippen molar-refractivity contribution in [1.82, 2.24) is 4.98 Å². The number of aliphatic hydroxyl groups is 2. The van der Waals surface area contributed by atoms with Gasteiger partial charge in [-0.3, -0.25) is 4.79 Å². The number of fused-ring (bicyclic) bond motifs is 1. The molecule has 1 amide bonds. The highest BCUT2D eigenvalue weighted by Crippen LogP contribution is 2.30. The fourth-order valence-corrected chi connectivity index (χ4v) is 4.74. The quantitative estimate of drug-likeness (QED) is 0.454. The number of aliphatic hydroxyl groups excluding tert-OH is 2. The normalized spacial score (nSPS) is 13.2. The Balaban J connectivity index is 1.61. The number of aromatic nitrogens is 1. The van der Waals surface area contributed by atoms with Crippen molar-refractivity contribution >= 4 is 44.5 Å². The number of rotatable bonds is 7. The maximum absolute atomic E-state index is 13.2. The zero-order valence-corrected chi connectivity index (χ0v) is 17.8. The van der Waals surface area contributed by atoms with Crippen LogP contribution in [0.15, 0.2) is 66.0 Å². The maximum atomic E-state index is 13.2. The second-order valence-electron chi connectivity index (χ2n) is 6.61. The molecular weight excluding hydrogens is 420 g/mol. The van der Waals surface area contributed by atoms with Crippen molar-refractivity contribution in [1.29, 1.82) is 0 Å². The van der Waals surface area contributed by atoms with E-state index in [1.165, 1.54) is 27.6 Å². The fourth-order valence-electron chi connectivity index (χ4n) is 3.06. The van der Waals surface area contributed by atoms with Crippen molar-refractivity contribution in [3.63, 3.8) is 0 Å². The molecule has 0 fully saturated rings. The van der Waals surface area contributed by atoms with Gasteiger partial charge in [0, 0.05) is 10.6 Å². The lowest BCUT2D eigenvalue weighted by molar-refractivity contribution is -0.132. The van der Waals surface area contributed by atoms with Crippen LogP contribution in [0.3, 0.4) is 0 Å². The van der Waals surface area contributed by atoms with Gasteiger partial charge in [0.1, 0.15) is 16.9 Å². The highest BCUT2D eigenvalue weighted by atomic mass is 32.1. The van der Waals surface area contributed by atoms with E-state index >= 15 is 0 Å². The number of methoxy groups -OCH3 is 1. The molecule has 2 unspecified atom stereocenters. The third kappa shape index (κ3) is 4.22. The predicted molar refractivity (Wildman–Crippen MR) is 119 cm³/mol. The van der Waals surface area contributed by atoms with E-state index in [0.717, 1.165) is 15.1 Å². The lowest BCUT2D eigenvalue weighted by Crippen LogP contribution is -2.41. The van der Waals surface area contributed by atoms with E-state index in [1.54, 1.807) is 31.4 Å². The molecule has 2 N–H and O–H groups in total. The third-order valence-electron chi connectivity index (χ3n) is 4.66. The summed E-state index contributed by atoms with van der Waals surface area (Å²) in [5.74, 6) is 0.0673. The van der Waals surface area contributed by atoms with Crippen LogP contribution in [-0.4, -0.2) is 34.3 Å². The number of para-hydroxylation sites is 1. The monoisotopic (exact) mass is 440 g/mol. The first-order valence-corrected chi connectivity index (χ1v) is 11.0. The van der Waals surface area contributed by atoms with Gasteiger partial charge >= 0.3 is 0 Å². The second kappa shape index (κ2) is 8.93. The molecule has 0 aliphatic rings. The predicted octanol–water partition coefficient (Wildman–Crippen LogP) is 3.99. The molecule has 4 aromatic rings. The number of thiazole rings is 1. The van der Waals surface area contributed by atoms with E-state index in [2.05, 4.69) is 4.98 Å². The van der Waals surface area contributed by atoms with Gasteiger partial charge < -0.3 is 19.8 Å². The zero-order chi connectivity index (χ0) is 21.1. The van der Waals surface area contributed by atoms with Gasteiger partial charge in [0.05, 0.1) is 23.9 Å². The lowest BCUT2D eigenvalue weighted by atomic mass is 10.1. The molecule has 4 rings (SSSR count). The highest BCUT2D eigenvalue weighted by Gasteiger charge is 2.32. The fraction of sp³-hybridized carbons (Fsp3) is 0.182. The molecule has 8 heteroatoms. The van der Waals surface area contributed by atoms with E-state index in [4.69, 9.17) is 4.74 Å². The molecule has 6 nitrogen and oxygen atoms in total. The van der Waals surface area contributed by atoms with E-state index in [1.807, 2.05) is 41.8 Å². The number of thiophene rings is 1. The maximum Gasteiger partial charge on any atom is 0.259 e. The van der Waals surface area contributed by atoms with Crippen LogP contribution in [0.4, 0.5) is 5.69 Å². The highest BCUT2D eigenvalue weighted by molar-refractivity contribution is 7.18. The molecule has 0 radical (unpaired) electrons. The molecule has 2 aromatic heterocycles. The number of amides is 1. The van der Waals surface area contributed by atoms with Crippen molar-refractivity contribution in [2.45, 2.75) is 18.8 Å². The van der Waals surface area contributed by atoms with Gasteiger partial charge in [0.15, 0.2) is 6.10 Å². The number of carbonyl (C=O) groups is 1. The standard InChI is InChI=1S/C22H20N2O4S2/c1-28-15-10-8-14(9-11-15)24(13-16-5-4-12-29-16)22(27)20(26)19(25)21-23-17-6-2-3-7-18(17)30-21/h2-12,19-20,25-26H,13H2,1H3. The summed E-state index contributed by atoms with van der Waals surface area (Å²) in [7, 11) is 1.57. The average Bonchev–Trinajstić information content (AvgIpc) is 3.45. The summed E-state index contributed by atoms with van der Waals surface area (Å²) < 4.78 is 6.08. The SMILES string of the molecule is COc1ccc(N(Cc2cccs2)C(=O)C(O)C(O)c2nc3ccccc3s2)cc1. The van der Waals surface area contributed by atoms with Crippen LogP contribution in [0.1, 0.15) is 16.0 Å². The second-order valence-corrected chi connectivity index (χ2v) is 8.71. The van der Waals surface area contributed by atoms with Gasteiger partial charge in [0.2, 0.25) is 0 Å². The molecule has 0 saturated heterocycles. The van der Waals surface area contributed by atoms with Crippen molar-refractivity contribution in [2.75, 3.05) is 12.0 Å². The first-order valence-electron chi connectivity index (χ1n) is 9.26. The summed E-state index contributed by atoms with van der Waals surface area (Å²) in [6.45, 7) is 0.284. The summed E-state index contributed by atoms with van der Waals surface area (Å²) >= 11 is 2.78. The Hall–Kier alpha value is -2.78. The third-order valence-corrected chi connectivity index (χ3v) is 6.63. The van der Waals surface area contributed by atoms with Gasteiger partial charge in [-0.05, 0) is 47.8 Å². The number of nitrogens with zero attached hydrogens (tertiary/aromatic N) is 2. The molecular formula is C22H20N2O4S2. The van der Waals surface area contributed by atoms with E-state index < -0.39 is 18.1 Å². The molecule has 154 valence electrons. The molecule has 0 saturated carbocycles. The zero-order valence-electron chi connectivity index (χ0n) is 16.1. The minimum absolute atomic E-state index is 0.284. The molecule has 0 spiro atoms. The van der Waals surface area contributed by atoms with Crippen LogP contribution in [-0.2, 0) is 11.3 Å². The van der Waals surface area contributed by atoms with Crippen LogP contribution in [0.2, 0.25) is 0 Å². The van der Waals surface area contributed by atoms with E-state index in [0.29, 0.717) is 16.4 Å². The summed E-state index contributed by atoms with van der Waals surface area (Å²) in [5.41, 5.74) is 1.33. The average molecular weight is 441 g/mol. The summed E-state index contributed by atoms with van der Waals surface area (Å²) in [6.07, 6.45) is -3.06. The molecule has 2 aromatic carbocycles. The van der Waals surface area contributed by atoms with Crippen LogP contribution in [0.25, 0.3) is 10.2 Å². The largest absolute Gasteiger partial charge is 0.497 e. The molecule has 0 aliphatic heterocycles. The Morgan fingerprint density at radius 2 is 1.87 bits per heavy atom. The summed E-state index contributed by atoms with van der Waals surface area (Å²) in [5, 5.41) is 23.7. The number of hydrogen-bond donors (Lipinski definition) is 2. The molecule has 30 heavy (non-hydrogen) atoms. The number of ether oxygens (including phenoxy) is 1. The Morgan fingerprint density at radius 3 is 2.53 bits per heavy atom. The molecule has 2 heterocycles. The van der Waals surface area contributed by atoms with Gasteiger partial charge in [-0.1, -0.05) is 18.2 Å². The first kappa shape index (κ1) is 20.5. The van der Waals surface area contributed by atoms with Crippen molar-refractivity contribution in [2.24, 2.45) is 0 Å². The first-order chi connectivity index (χ1) is 14.6. The minimum atomic E-state index is -1.65. The minimum Gasteiger partial charge on any atom is -0.497 e. The van der Waals surface area contributed by atoms with E-state index in [-0.39, 0.29) is 6.54 Å². The Kier molecular flexibility index (Phi) is 6.10. The molecule has 0 bridgehead atoms. The van der Waals surface area contributed by atoms with Crippen molar-refractivity contribution < 1.29 is 19.7 Å². The van der Waals surface area contributed by atoms with Crippen LogP contribution in [0, 0.1) is 0 Å². The Labute approximate surface area is 181 Å². The number of anilines is 1. The van der Waals surface area contributed by atoms with Crippen LogP contribution >= 0.6 is 22.7 Å². The van der Waals surface area contributed by atoms with Crippen molar-refractivity contribution in [3.8, 4) is 5.75 Å². The topological polar surface area (TPSA) is 82.9 Å². The summed E-state index contributed by atoms with van der Waals surface area (Å²) in [6, 6.07) is 18.3.